The summed E-state index contributed by atoms with van der Waals surface area (Å²) in [5.74, 6) is -1.41. The first-order valence-corrected chi connectivity index (χ1v) is 6.66. The van der Waals surface area contributed by atoms with Gasteiger partial charge in [0.2, 0.25) is 0 Å². The Morgan fingerprint density at radius 2 is 1.79 bits per heavy atom. The smallest absolute Gasteiger partial charge is 0.132 e. The van der Waals surface area contributed by atoms with E-state index in [1.54, 1.807) is 0 Å². The van der Waals surface area contributed by atoms with Crippen LogP contribution in [0.3, 0.4) is 0 Å². The van der Waals surface area contributed by atoms with Crippen LogP contribution in [0.25, 0.3) is 0 Å². The fourth-order valence-corrected chi connectivity index (χ4v) is 2.67. The van der Waals surface area contributed by atoms with Gasteiger partial charge in [0.05, 0.1) is 6.67 Å². The van der Waals surface area contributed by atoms with Crippen molar-refractivity contribution in [1.29, 1.82) is 0 Å². The molecule has 0 unspecified atom stereocenters. The summed E-state index contributed by atoms with van der Waals surface area (Å²) in [5.41, 5.74) is -0.0797. The van der Waals surface area contributed by atoms with Crippen LogP contribution in [0.1, 0.15) is 18.0 Å². The molecule has 2 rings (SSSR count). The van der Waals surface area contributed by atoms with E-state index < -0.39 is 24.4 Å². The van der Waals surface area contributed by atoms with Crippen molar-refractivity contribution in [1.82, 2.24) is 10.2 Å². The van der Waals surface area contributed by atoms with Gasteiger partial charge in [-0.25, -0.2) is 8.78 Å². The fraction of sp³-hybridized carbons (Fsp3) is 0.538. The van der Waals surface area contributed by atoms with Gasteiger partial charge in [-0.05, 0) is 18.6 Å². The van der Waals surface area contributed by atoms with E-state index in [1.807, 2.05) is 4.90 Å². The molecule has 6 heteroatoms. The van der Waals surface area contributed by atoms with Gasteiger partial charge in [0.15, 0.2) is 0 Å². The van der Waals surface area contributed by atoms with E-state index in [2.05, 4.69) is 5.32 Å². The van der Waals surface area contributed by atoms with Crippen LogP contribution in [0, 0.1) is 11.6 Å². The van der Waals surface area contributed by atoms with E-state index in [9.17, 15) is 13.2 Å². The molecule has 0 radical (unpaired) electrons. The molecule has 0 spiro atoms. The molecule has 1 fully saturated rings. The van der Waals surface area contributed by atoms with Gasteiger partial charge in [0.25, 0.3) is 0 Å². The molecular formula is C13H16ClF3N2. The third kappa shape index (κ3) is 3.41. The molecule has 1 heterocycles. The van der Waals surface area contributed by atoms with Gasteiger partial charge in [-0.1, -0.05) is 11.6 Å². The lowest BCUT2D eigenvalue weighted by molar-refractivity contribution is 0.151. The predicted octanol–water partition coefficient (Wildman–Crippen LogP) is 2.92. The molecule has 19 heavy (non-hydrogen) atoms. The minimum atomic E-state index is -0.706. The maximum Gasteiger partial charge on any atom is 0.132 e. The topological polar surface area (TPSA) is 15.3 Å². The van der Waals surface area contributed by atoms with E-state index in [0.29, 0.717) is 13.1 Å². The molecular weight excluding hydrogens is 277 g/mol. The lowest BCUT2D eigenvalue weighted by Crippen LogP contribution is -2.45. The SMILES string of the molecule is FCC[C@@H](c1c(F)cc(Cl)cc1F)N1CCNCC1. The number of hydrogen-bond donors (Lipinski definition) is 1. The van der Waals surface area contributed by atoms with Crippen molar-refractivity contribution in [2.24, 2.45) is 0 Å². The Morgan fingerprint density at radius 3 is 2.32 bits per heavy atom. The Kier molecular flexibility index (Phi) is 5.07. The minimum absolute atomic E-state index is 0.0121. The van der Waals surface area contributed by atoms with Crippen molar-refractivity contribution in [2.45, 2.75) is 12.5 Å². The number of halogens is 4. The van der Waals surface area contributed by atoms with Crippen LogP contribution in [-0.4, -0.2) is 37.8 Å². The average Bonchev–Trinajstić information content (AvgIpc) is 2.37. The first kappa shape index (κ1) is 14.6. The lowest BCUT2D eigenvalue weighted by Gasteiger charge is -2.35. The zero-order valence-corrected chi connectivity index (χ0v) is 11.2. The molecule has 106 valence electrons. The second kappa shape index (κ2) is 6.59. The average molecular weight is 293 g/mol. The zero-order valence-electron chi connectivity index (χ0n) is 10.4. The summed E-state index contributed by atoms with van der Waals surface area (Å²) >= 11 is 5.61. The third-order valence-corrected chi connectivity index (χ3v) is 3.57. The monoisotopic (exact) mass is 292 g/mol. The molecule has 0 aromatic heterocycles. The van der Waals surface area contributed by atoms with Crippen LogP contribution in [0.2, 0.25) is 5.02 Å². The maximum absolute atomic E-state index is 14.0. The third-order valence-electron chi connectivity index (χ3n) is 3.35. The molecule has 2 nitrogen and oxygen atoms in total. The van der Waals surface area contributed by atoms with E-state index >= 15 is 0 Å². The molecule has 0 saturated carbocycles. The van der Waals surface area contributed by atoms with Crippen LogP contribution in [-0.2, 0) is 0 Å². The Balaban J connectivity index is 2.32. The molecule has 0 aliphatic carbocycles. The standard InChI is InChI=1S/C13H16ClF3N2/c14-9-7-10(16)13(11(17)8-9)12(1-2-15)19-5-3-18-4-6-19/h7-8,12,18H,1-6H2/t12-/m0/s1. The molecule has 1 aromatic carbocycles. The summed E-state index contributed by atoms with van der Waals surface area (Å²) < 4.78 is 40.6. The van der Waals surface area contributed by atoms with E-state index in [1.165, 1.54) is 0 Å². The van der Waals surface area contributed by atoms with Crippen LogP contribution >= 0.6 is 11.6 Å². The molecule has 1 atom stereocenters. The van der Waals surface area contributed by atoms with Gasteiger partial charge >= 0.3 is 0 Å². The van der Waals surface area contributed by atoms with Crippen LogP contribution in [0.4, 0.5) is 13.2 Å². The van der Waals surface area contributed by atoms with Crippen LogP contribution < -0.4 is 5.32 Å². The second-order valence-corrected chi connectivity index (χ2v) is 5.00. The summed E-state index contributed by atoms with van der Waals surface area (Å²) in [4.78, 5) is 1.91. The van der Waals surface area contributed by atoms with Crippen molar-refractivity contribution in [3.8, 4) is 0 Å². The van der Waals surface area contributed by atoms with Crippen LogP contribution in [0.5, 0.6) is 0 Å². The Bertz CT molecular complexity index is 413. The molecule has 1 saturated heterocycles. The maximum atomic E-state index is 14.0. The predicted molar refractivity (Wildman–Crippen MR) is 69.1 cm³/mol. The minimum Gasteiger partial charge on any atom is -0.314 e. The molecule has 1 aliphatic rings. The fourth-order valence-electron chi connectivity index (χ4n) is 2.48. The van der Waals surface area contributed by atoms with Crippen molar-refractivity contribution >= 4 is 11.6 Å². The van der Waals surface area contributed by atoms with Crippen molar-refractivity contribution in [3.63, 3.8) is 0 Å². The number of nitrogens with one attached hydrogen (secondary N) is 1. The highest BCUT2D eigenvalue weighted by Gasteiger charge is 2.27. The number of benzene rings is 1. The van der Waals surface area contributed by atoms with Gasteiger partial charge in [-0.2, -0.15) is 0 Å². The number of rotatable bonds is 4. The summed E-state index contributed by atoms with van der Waals surface area (Å²) in [6.07, 6.45) is 0.0788. The van der Waals surface area contributed by atoms with Crippen molar-refractivity contribution < 1.29 is 13.2 Å². The molecule has 1 N–H and O–H groups in total. The van der Waals surface area contributed by atoms with Crippen LogP contribution in [0.15, 0.2) is 12.1 Å². The normalized spacial score (nSPS) is 18.5. The Morgan fingerprint density at radius 1 is 1.21 bits per heavy atom. The number of nitrogens with zero attached hydrogens (tertiary/aromatic N) is 1. The van der Waals surface area contributed by atoms with E-state index in [4.69, 9.17) is 11.6 Å². The molecule has 1 aliphatic heterocycles. The van der Waals surface area contributed by atoms with Gasteiger partial charge < -0.3 is 5.32 Å². The number of alkyl halides is 1. The van der Waals surface area contributed by atoms with E-state index in [-0.39, 0.29) is 17.0 Å². The lowest BCUT2D eigenvalue weighted by atomic mass is 10.0. The quantitative estimate of drug-likeness (QED) is 0.918. The number of hydrogen-bond acceptors (Lipinski definition) is 2. The highest BCUT2D eigenvalue weighted by molar-refractivity contribution is 6.30. The van der Waals surface area contributed by atoms with E-state index in [0.717, 1.165) is 25.2 Å². The second-order valence-electron chi connectivity index (χ2n) is 4.56. The highest BCUT2D eigenvalue weighted by atomic mass is 35.5. The Labute approximate surface area is 115 Å². The highest BCUT2D eigenvalue weighted by Crippen LogP contribution is 2.31. The summed E-state index contributed by atoms with van der Waals surface area (Å²) in [6, 6.07) is 1.57. The van der Waals surface area contributed by atoms with Gasteiger partial charge in [0, 0.05) is 42.8 Å². The van der Waals surface area contributed by atoms with Crippen molar-refractivity contribution in [3.05, 3.63) is 34.4 Å². The first-order chi connectivity index (χ1) is 9.13. The molecule has 0 bridgehead atoms. The molecule has 1 aromatic rings. The summed E-state index contributed by atoms with van der Waals surface area (Å²) in [5, 5.41) is 3.17. The zero-order chi connectivity index (χ0) is 13.8. The first-order valence-electron chi connectivity index (χ1n) is 6.28. The van der Waals surface area contributed by atoms with Gasteiger partial charge in [0.1, 0.15) is 11.6 Å². The Hall–Kier alpha value is -0.780. The summed E-state index contributed by atoms with van der Waals surface area (Å²) in [6.45, 7) is 2.15. The van der Waals surface area contributed by atoms with Gasteiger partial charge in [-0.3, -0.25) is 9.29 Å². The molecule has 0 amide bonds. The van der Waals surface area contributed by atoms with Crippen molar-refractivity contribution in [2.75, 3.05) is 32.9 Å². The summed E-state index contributed by atoms with van der Waals surface area (Å²) in [7, 11) is 0. The largest absolute Gasteiger partial charge is 0.314 e. The van der Waals surface area contributed by atoms with Gasteiger partial charge in [-0.15, -0.1) is 0 Å². The number of piperazine rings is 1.